The highest BCUT2D eigenvalue weighted by atomic mass is 14.9. The summed E-state index contributed by atoms with van der Waals surface area (Å²) in [6.07, 6.45) is 0. The third-order valence-corrected chi connectivity index (χ3v) is 2.83. The summed E-state index contributed by atoms with van der Waals surface area (Å²) in [6, 6.07) is 6.93. The van der Waals surface area contributed by atoms with Gasteiger partial charge in [0.2, 0.25) is 0 Å². The van der Waals surface area contributed by atoms with E-state index in [1.807, 2.05) is 0 Å². The summed E-state index contributed by atoms with van der Waals surface area (Å²) in [6.45, 7) is 9.53. The minimum atomic E-state index is 0.444. The van der Waals surface area contributed by atoms with E-state index >= 15 is 0 Å². The van der Waals surface area contributed by atoms with Crippen molar-refractivity contribution < 1.29 is 0 Å². The lowest BCUT2D eigenvalue weighted by molar-refractivity contribution is 0.589. The summed E-state index contributed by atoms with van der Waals surface area (Å²) in [5, 5.41) is 3.42. The van der Waals surface area contributed by atoms with E-state index in [4.69, 9.17) is 0 Å². The van der Waals surface area contributed by atoms with Gasteiger partial charge in [0.1, 0.15) is 5.82 Å². The fourth-order valence-electron chi connectivity index (χ4n) is 1.78. The highest BCUT2D eigenvalue weighted by molar-refractivity contribution is 5.75. The van der Waals surface area contributed by atoms with E-state index in [0.29, 0.717) is 12.0 Å². The molecule has 0 unspecified atom stereocenters. The molecule has 1 aromatic heterocycles. The molecule has 2 rings (SSSR count). The van der Waals surface area contributed by atoms with Crippen molar-refractivity contribution >= 4 is 11.0 Å². The third kappa shape index (κ3) is 2.86. The number of imidazole rings is 1. The largest absolute Gasteiger partial charge is 0.342 e. The first-order chi connectivity index (χ1) is 8.06. The molecule has 1 aromatic carbocycles. The van der Waals surface area contributed by atoms with Gasteiger partial charge in [-0.05, 0) is 17.7 Å². The summed E-state index contributed by atoms with van der Waals surface area (Å²) in [5.41, 5.74) is 3.49. The van der Waals surface area contributed by atoms with Gasteiger partial charge in [0.25, 0.3) is 0 Å². The van der Waals surface area contributed by atoms with Gasteiger partial charge >= 0.3 is 0 Å². The maximum absolute atomic E-state index is 4.57. The molecule has 2 aromatic rings. The Morgan fingerprint density at radius 3 is 2.65 bits per heavy atom. The van der Waals surface area contributed by atoms with Crippen LogP contribution in [-0.2, 0) is 6.54 Å². The molecule has 0 spiro atoms. The summed E-state index contributed by atoms with van der Waals surface area (Å²) < 4.78 is 0. The molecule has 0 radical (unpaired) electrons. The van der Waals surface area contributed by atoms with Gasteiger partial charge in [-0.3, -0.25) is 0 Å². The minimum Gasteiger partial charge on any atom is -0.342 e. The van der Waals surface area contributed by atoms with Crippen LogP contribution >= 0.6 is 0 Å². The standard InChI is InChI=1S/C14H21N3/c1-9(2)14-16-12-6-5-11(7-13(12)17-14)8-15-10(3)4/h5-7,9-10,15H,8H2,1-4H3,(H,16,17). The zero-order valence-electron chi connectivity index (χ0n) is 11.0. The first-order valence-electron chi connectivity index (χ1n) is 6.28. The zero-order valence-corrected chi connectivity index (χ0v) is 11.0. The normalized spacial score (nSPS) is 11.9. The van der Waals surface area contributed by atoms with Crippen molar-refractivity contribution in [3.8, 4) is 0 Å². The van der Waals surface area contributed by atoms with Crippen LogP contribution in [0.1, 0.15) is 45.0 Å². The topological polar surface area (TPSA) is 40.7 Å². The SMILES string of the molecule is CC(C)NCc1ccc2nc(C(C)C)[nH]c2c1. The number of hydrogen-bond acceptors (Lipinski definition) is 2. The summed E-state index contributed by atoms with van der Waals surface area (Å²) in [7, 11) is 0. The van der Waals surface area contributed by atoms with Gasteiger partial charge in [-0.15, -0.1) is 0 Å². The molecule has 92 valence electrons. The number of rotatable bonds is 4. The molecule has 0 aliphatic carbocycles. The molecule has 2 N–H and O–H groups in total. The van der Waals surface area contributed by atoms with E-state index in [2.05, 4.69) is 61.2 Å². The molecule has 1 heterocycles. The highest BCUT2D eigenvalue weighted by Crippen LogP contribution is 2.18. The number of nitrogens with one attached hydrogen (secondary N) is 2. The highest BCUT2D eigenvalue weighted by Gasteiger charge is 2.06. The quantitative estimate of drug-likeness (QED) is 0.848. The van der Waals surface area contributed by atoms with Crippen LogP contribution in [0.4, 0.5) is 0 Å². The van der Waals surface area contributed by atoms with Crippen molar-refractivity contribution in [2.45, 2.75) is 46.2 Å². The van der Waals surface area contributed by atoms with Crippen LogP contribution in [0.3, 0.4) is 0 Å². The summed E-state index contributed by atoms with van der Waals surface area (Å²) in [5.74, 6) is 1.51. The smallest absolute Gasteiger partial charge is 0.109 e. The predicted octanol–water partition coefficient (Wildman–Crippen LogP) is 3.18. The second kappa shape index (κ2) is 4.88. The van der Waals surface area contributed by atoms with Gasteiger partial charge < -0.3 is 10.3 Å². The van der Waals surface area contributed by atoms with Gasteiger partial charge in [-0.25, -0.2) is 4.98 Å². The van der Waals surface area contributed by atoms with Gasteiger partial charge in [-0.1, -0.05) is 33.8 Å². The Balaban J connectivity index is 2.24. The predicted molar refractivity (Wildman–Crippen MR) is 72.2 cm³/mol. The van der Waals surface area contributed by atoms with Crippen LogP contribution in [0.5, 0.6) is 0 Å². The van der Waals surface area contributed by atoms with Crippen molar-refractivity contribution in [1.29, 1.82) is 0 Å². The number of aromatic nitrogens is 2. The number of aromatic amines is 1. The molecule has 3 heteroatoms. The molecule has 17 heavy (non-hydrogen) atoms. The van der Waals surface area contributed by atoms with Crippen molar-refractivity contribution in [2.24, 2.45) is 0 Å². The Hall–Kier alpha value is -1.35. The first kappa shape index (κ1) is 12.1. The van der Waals surface area contributed by atoms with Crippen LogP contribution in [0.15, 0.2) is 18.2 Å². The molecule has 0 saturated carbocycles. The van der Waals surface area contributed by atoms with Crippen molar-refractivity contribution in [2.75, 3.05) is 0 Å². The number of hydrogen-bond donors (Lipinski definition) is 2. The van der Waals surface area contributed by atoms with E-state index in [9.17, 15) is 0 Å². The summed E-state index contributed by atoms with van der Waals surface area (Å²) >= 11 is 0. The second-order valence-electron chi connectivity index (χ2n) is 5.16. The van der Waals surface area contributed by atoms with Crippen molar-refractivity contribution in [1.82, 2.24) is 15.3 Å². The average molecular weight is 231 g/mol. The fraction of sp³-hybridized carbons (Fsp3) is 0.500. The van der Waals surface area contributed by atoms with Crippen molar-refractivity contribution in [3.05, 3.63) is 29.6 Å². The van der Waals surface area contributed by atoms with Gasteiger partial charge in [-0.2, -0.15) is 0 Å². The van der Waals surface area contributed by atoms with Gasteiger partial charge in [0, 0.05) is 18.5 Å². The molecular formula is C14H21N3. The van der Waals surface area contributed by atoms with Gasteiger partial charge in [0.05, 0.1) is 11.0 Å². The van der Waals surface area contributed by atoms with E-state index in [0.717, 1.165) is 23.4 Å². The molecule has 0 amide bonds. The van der Waals surface area contributed by atoms with Crippen LogP contribution in [0.25, 0.3) is 11.0 Å². The molecule has 0 aliphatic rings. The Morgan fingerprint density at radius 1 is 1.24 bits per heavy atom. The Bertz CT molecular complexity index is 497. The molecule has 0 saturated heterocycles. The third-order valence-electron chi connectivity index (χ3n) is 2.83. The molecule has 0 aliphatic heterocycles. The Labute approximate surface area is 103 Å². The minimum absolute atomic E-state index is 0.444. The zero-order chi connectivity index (χ0) is 12.4. The van der Waals surface area contributed by atoms with E-state index < -0.39 is 0 Å². The van der Waals surface area contributed by atoms with E-state index in [1.165, 1.54) is 5.56 Å². The van der Waals surface area contributed by atoms with Crippen LogP contribution in [-0.4, -0.2) is 16.0 Å². The number of nitrogens with zero attached hydrogens (tertiary/aromatic N) is 1. The lowest BCUT2D eigenvalue weighted by Crippen LogP contribution is -2.21. The maximum Gasteiger partial charge on any atom is 0.109 e. The molecule has 3 nitrogen and oxygen atoms in total. The maximum atomic E-state index is 4.57. The molecule has 0 bridgehead atoms. The molecule has 0 atom stereocenters. The van der Waals surface area contributed by atoms with Gasteiger partial charge in [0.15, 0.2) is 0 Å². The summed E-state index contributed by atoms with van der Waals surface area (Å²) in [4.78, 5) is 7.96. The van der Waals surface area contributed by atoms with E-state index in [1.54, 1.807) is 0 Å². The van der Waals surface area contributed by atoms with Crippen LogP contribution in [0, 0.1) is 0 Å². The van der Waals surface area contributed by atoms with Crippen molar-refractivity contribution in [3.63, 3.8) is 0 Å². The molecular weight excluding hydrogens is 210 g/mol. The fourth-order valence-corrected chi connectivity index (χ4v) is 1.78. The average Bonchev–Trinajstić information content (AvgIpc) is 2.69. The first-order valence-corrected chi connectivity index (χ1v) is 6.28. The number of benzene rings is 1. The lowest BCUT2D eigenvalue weighted by Gasteiger charge is -2.07. The Morgan fingerprint density at radius 2 is 2.00 bits per heavy atom. The lowest BCUT2D eigenvalue weighted by atomic mass is 10.2. The Kier molecular flexibility index (Phi) is 3.48. The molecule has 0 fully saturated rings. The number of H-pyrrole nitrogens is 1. The van der Waals surface area contributed by atoms with Crippen LogP contribution < -0.4 is 5.32 Å². The second-order valence-corrected chi connectivity index (χ2v) is 5.16. The van der Waals surface area contributed by atoms with E-state index in [-0.39, 0.29) is 0 Å². The van der Waals surface area contributed by atoms with Crippen LogP contribution in [0.2, 0.25) is 0 Å². The monoisotopic (exact) mass is 231 g/mol. The number of fused-ring (bicyclic) bond motifs is 1.